The highest BCUT2D eigenvalue weighted by molar-refractivity contribution is 5.91. The standard InChI is InChI=1S/C40H42O12/c1-23(41)47-30-32(51-36(45)27-20-14-9-15-21-27)38(5)31(50-35(44)26-18-12-8-13-19-26)29(49-34(43)25-16-10-7-11-17-25)28-22-40(38,52-37(28,3)4)39(6,46)33(30)48-24(2)42/h7-21,28-33,46H,22H2,1-6H3/t28-,29-,30-,31-,32-,33-,38+,39-,40+/m0/s1. The molecule has 3 fully saturated rings. The molecule has 52 heavy (non-hydrogen) atoms. The molecule has 1 spiro atoms. The summed E-state index contributed by atoms with van der Waals surface area (Å²) in [6.07, 6.45) is -7.74. The molecule has 0 radical (unpaired) electrons. The van der Waals surface area contributed by atoms with E-state index in [0.717, 1.165) is 13.8 Å². The van der Waals surface area contributed by atoms with Crippen LogP contribution in [0.2, 0.25) is 0 Å². The number of hydrogen-bond acceptors (Lipinski definition) is 12. The first kappa shape index (κ1) is 36.7. The Labute approximate surface area is 301 Å². The zero-order chi connectivity index (χ0) is 37.6. The fourth-order valence-corrected chi connectivity index (χ4v) is 8.52. The van der Waals surface area contributed by atoms with Crippen molar-refractivity contribution in [3.63, 3.8) is 0 Å². The normalized spacial score (nSPS) is 32.8. The lowest BCUT2D eigenvalue weighted by molar-refractivity contribution is -0.356. The van der Waals surface area contributed by atoms with Crippen molar-refractivity contribution < 1.29 is 57.5 Å². The van der Waals surface area contributed by atoms with Crippen molar-refractivity contribution >= 4 is 29.8 Å². The summed E-state index contributed by atoms with van der Waals surface area (Å²) >= 11 is 0. The van der Waals surface area contributed by atoms with Crippen molar-refractivity contribution in [3.05, 3.63) is 108 Å². The molecule has 6 rings (SSSR count). The van der Waals surface area contributed by atoms with Gasteiger partial charge in [0.15, 0.2) is 24.4 Å². The highest BCUT2D eigenvalue weighted by Crippen LogP contribution is 2.69. The van der Waals surface area contributed by atoms with Gasteiger partial charge < -0.3 is 33.5 Å². The molecular formula is C40H42O12. The molecule has 1 aliphatic heterocycles. The van der Waals surface area contributed by atoms with E-state index < -0.39 is 88.5 Å². The van der Waals surface area contributed by atoms with Crippen LogP contribution in [0.5, 0.6) is 0 Å². The predicted octanol–water partition coefficient (Wildman–Crippen LogP) is 4.87. The van der Waals surface area contributed by atoms with E-state index in [4.69, 9.17) is 28.4 Å². The number of rotatable bonds is 8. The van der Waals surface area contributed by atoms with Crippen LogP contribution in [-0.2, 0) is 38.0 Å². The van der Waals surface area contributed by atoms with E-state index in [0.29, 0.717) is 0 Å². The average Bonchev–Trinajstić information content (AvgIpc) is 3.39. The summed E-state index contributed by atoms with van der Waals surface area (Å²) in [6.45, 7) is 8.70. The zero-order valence-corrected chi connectivity index (χ0v) is 29.8. The third kappa shape index (κ3) is 6.03. The van der Waals surface area contributed by atoms with E-state index in [2.05, 4.69) is 0 Å². The maximum Gasteiger partial charge on any atom is 0.338 e. The van der Waals surface area contributed by atoms with Crippen LogP contribution in [0.15, 0.2) is 91.0 Å². The van der Waals surface area contributed by atoms with Crippen molar-refractivity contribution in [2.45, 2.75) is 95.3 Å². The minimum Gasteiger partial charge on any atom is -0.455 e. The molecule has 274 valence electrons. The Balaban J connectivity index is 1.61. The van der Waals surface area contributed by atoms with Crippen molar-refractivity contribution in [1.29, 1.82) is 0 Å². The fourth-order valence-electron chi connectivity index (χ4n) is 8.52. The van der Waals surface area contributed by atoms with Crippen molar-refractivity contribution in [2.75, 3.05) is 0 Å². The predicted molar refractivity (Wildman–Crippen MR) is 183 cm³/mol. The van der Waals surface area contributed by atoms with E-state index >= 15 is 0 Å². The zero-order valence-electron chi connectivity index (χ0n) is 29.8. The second kappa shape index (κ2) is 13.5. The summed E-state index contributed by atoms with van der Waals surface area (Å²) in [5.41, 5.74) is -6.57. The number of carbonyl (C=O) groups is 5. The topological polar surface area (TPSA) is 161 Å². The van der Waals surface area contributed by atoms with Gasteiger partial charge in [-0.2, -0.15) is 0 Å². The van der Waals surface area contributed by atoms with Gasteiger partial charge in [-0.25, -0.2) is 14.4 Å². The summed E-state index contributed by atoms with van der Waals surface area (Å²) in [5.74, 6) is -4.78. The molecule has 0 unspecified atom stereocenters. The Morgan fingerprint density at radius 3 is 1.40 bits per heavy atom. The largest absolute Gasteiger partial charge is 0.455 e. The van der Waals surface area contributed by atoms with Crippen LogP contribution >= 0.6 is 0 Å². The van der Waals surface area contributed by atoms with E-state index in [9.17, 15) is 29.1 Å². The Morgan fingerprint density at radius 2 is 0.981 bits per heavy atom. The minimum absolute atomic E-state index is 0.0421. The molecule has 3 aromatic carbocycles. The summed E-state index contributed by atoms with van der Waals surface area (Å²) in [7, 11) is 0. The van der Waals surface area contributed by atoms with Gasteiger partial charge in [-0.3, -0.25) is 9.59 Å². The summed E-state index contributed by atoms with van der Waals surface area (Å²) in [6, 6.07) is 24.4. The molecule has 2 bridgehead atoms. The van der Waals surface area contributed by atoms with Crippen LogP contribution in [0.25, 0.3) is 0 Å². The van der Waals surface area contributed by atoms with Gasteiger partial charge in [0.25, 0.3) is 0 Å². The molecule has 9 atom stereocenters. The number of ether oxygens (including phenoxy) is 6. The van der Waals surface area contributed by atoms with E-state index in [-0.39, 0.29) is 23.1 Å². The molecular weight excluding hydrogens is 672 g/mol. The smallest absolute Gasteiger partial charge is 0.338 e. The Bertz CT molecular complexity index is 1840. The highest BCUT2D eigenvalue weighted by atomic mass is 16.6. The molecule has 0 aromatic heterocycles. The van der Waals surface area contributed by atoms with Crippen LogP contribution in [0.3, 0.4) is 0 Å². The van der Waals surface area contributed by atoms with Crippen molar-refractivity contribution in [1.82, 2.24) is 0 Å². The van der Waals surface area contributed by atoms with Gasteiger partial charge in [0.1, 0.15) is 17.3 Å². The minimum atomic E-state index is -2.19. The van der Waals surface area contributed by atoms with Gasteiger partial charge in [0.2, 0.25) is 0 Å². The highest BCUT2D eigenvalue weighted by Gasteiger charge is 2.85. The number of esters is 5. The van der Waals surface area contributed by atoms with E-state index in [1.807, 2.05) is 0 Å². The van der Waals surface area contributed by atoms with E-state index in [1.54, 1.807) is 99.6 Å². The number of benzene rings is 3. The van der Waals surface area contributed by atoms with Crippen LogP contribution < -0.4 is 0 Å². The molecule has 2 saturated carbocycles. The molecule has 3 aliphatic rings. The molecule has 12 heteroatoms. The SMILES string of the molecule is CC(=O)O[C@H]1[C@H](OC(=O)c2ccccc2)[C@@]2(C)[C@@H](OC(=O)c3ccccc3)[C@@H](OC(=O)c3ccccc3)[C@@H]3C[C@]2(OC3(C)C)[C@@](C)(O)[C@H]1OC(C)=O. The summed E-state index contributed by atoms with van der Waals surface area (Å²) < 4.78 is 37.5. The van der Waals surface area contributed by atoms with Gasteiger partial charge in [-0.15, -0.1) is 0 Å². The van der Waals surface area contributed by atoms with Crippen LogP contribution in [0.1, 0.15) is 79.0 Å². The maximum atomic E-state index is 14.1. The molecule has 1 saturated heterocycles. The number of hydrogen-bond donors (Lipinski definition) is 1. The molecule has 1 N–H and O–H groups in total. The van der Waals surface area contributed by atoms with Crippen molar-refractivity contribution in [2.24, 2.45) is 11.3 Å². The third-order valence-corrected chi connectivity index (χ3v) is 10.9. The van der Waals surface area contributed by atoms with Crippen LogP contribution in [0, 0.1) is 11.3 Å². The first-order valence-corrected chi connectivity index (χ1v) is 17.1. The lowest BCUT2D eigenvalue weighted by atomic mass is 9.46. The first-order chi connectivity index (χ1) is 24.5. The lowest BCUT2D eigenvalue weighted by Crippen LogP contribution is -2.84. The van der Waals surface area contributed by atoms with Gasteiger partial charge in [0.05, 0.1) is 27.7 Å². The second-order valence-electron chi connectivity index (χ2n) is 14.5. The summed E-state index contributed by atoms with van der Waals surface area (Å²) in [5, 5.41) is 12.8. The van der Waals surface area contributed by atoms with Gasteiger partial charge >= 0.3 is 29.8 Å². The van der Waals surface area contributed by atoms with Gasteiger partial charge in [-0.05, 0) is 70.5 Å². The Morgan fingerprint density at radius 1 is 0.577 bits per heavy atom. The van der Waals surface area contributed by atoms with Gasteiger partial charge in [0, 0.05) is 19.8 Å². The molecule has 2 aliphatic carbocycles. The maximum absolute atomic E-state index is 14.1. The lowest BCUT2D eigenvalue weighted by Gasteiger charge is -2.66. The summed E-state index contributed by atoms with van der Waals surface area (Å²) in [4.78, 5) is 67.4. The van der Waals surface area contributed by atoms with Crippen LogP contribution in [-0.4, -0.2) is 82.3 Å². The average molecular weight is 715 g/mol. The van der Waals surface area contributed by atoms with Crippen LogP contribution in [0.4, 0.5) is 0 Å². The van der Waals surface area contributed by atoms with Gasteiger partial charge in [-0.1, -0.05) is 54.6 Å². The molecule has 3 aromatic rings. The molecule has 1 heterocycles. The number of carbonyl (C=O) groups excluding carboxylic acids is 5. The number of aliphatic hydroxyl groups is 1. The fraction of sp³-hybridized carbons (Fsp3) is 0.425. The second-order valence-corrected chi connectivity index (χ2v) is 14.5. The first-order valence-electron chi connectivity index (χ1n) is 17.1. The third-order valence-electron chi connectivity index (χ3n) is 10.9. The monoisotopic (exact) mass is 714 g/mol. The quantitative estimate of drug-likeness (QED) is 0.250. The number of fused-ring (bicyclic) bond motifs is 1. The van der Waals surface area contributed by atoms with E-state index in [1.165, 1.54) is 19.1 Å². The Kier molecular flexibility index (Phi) is 9.52. The van der Waals surface area contributed by atoms with Crippen molar-refractivity contribution in [3.8, 4) is 0 Å². The molecule has 0 amide bonds. The Hall–Kier alpha value is -5.07. The molecule has 12 nitrogen and oxygen atoms in total.